The molecule has 0 fully saturated rings. The third-order valence-electron chi connectivity index (χ3n) is 3.83. The first kappa shape index (κ1) is 20.4. The lowest BCUT2D eigenvalue weighted by Gasteiger charge is -2.15. The average molecular weight is 397 g/mol. The van der Waals surface area contributed by atoms with Gasteiger partial charge in [-0.15, -0.1) is 12.4 Å². The molecule has 0 atom stereocenters. The molecule has 7 heteroatoms. The lowest BCUT2D eigenvalue weighted by atomic mass is 10.2. The summed E-state index contributed by atoms with van der Waals surface area (Å²) in [6.07, 6.45) is 2.99. The van der Waals surface area contributed by atoms with E-state index in [1.54, 1.807) is 18.2 Å². The number of ether oxygens (including phenoxy) is 2. The number of para-hydroxylation sites is 2. The van der Waals surface area contributed by atoms with Gasteiger partial charge in [-0.05, 0) is 56.1 Å². The molecule has 0 bridgehead atoms. The normalized spacial score (nSPS) is 15.5. The second-order valence-electron chi connectivity index (χ2n) is 5.82. The van der Waals surface area contributed by atoms with Crippen LogP contribution in [0.2, 0.25) is 5.02 Å². The Morgan fingerprint density at radius 3 is 2.62 bits per heavy atom. The van der Waals surface area contributed by atoms with Crippen LogP contribution in [0, 0.1) is 0 Å². The van der Waals surface area contributed by atoms with Crippen LogP contribution in [0.15, 0.2) is 42.5 Å². The van der Waals surface area contributed by atoms with Crippen LogP contribution >= 0.6 is 24.0 Å². The molecule has 26 heavy (non-hydrogen) atoms. The van der Waals surface area contributed by atoms with Crippen LogP contribution in [0.25, 0.3) is 0 Å². The van der Waals surface area contributed by atoms with Gasteiger partial charge in [0.05, 0.1) is 18.8 Å². The van der Waals surface area contributed by atoms with Gasteiger partial charge in [0.1, 0.15) is 0 Å². The van der Waals surface area contributed by atoms with Crippen molar-refractivity contribution in [1.29, 1.82) is 0 Å². The first-order valence-electron chi connectivity index (χ1n) is 8.42. The zero-order chi connectivity index (χ0) is 17.5. The molecule has 0 saturated heterocycles. The predicted octanol–water partition coefficient (Wildman–Crippen LogP) is 4.64. The Kier molecular flexibility index (Phi) is 8.04. The van der Waals surface area contributed by atoms with Gasteiger partial charge in [0.25, 0.3) is 0 Å². The zero-order valence-electron chi connectivity index (χ0n) is 14.3. The number of halogens is 2. The van der Waals surface area contributed by atoms with Crippen molar-refractivity contribution in [2.45, 2.75) is 19.3 Å². The van der Waals surface area contributed by atoms with E-state index in [-0.39, 0.29) is 24.9 Å². The predicted molar refractivity (Wildman–Crippen MR) is 106 cm³/mol. The molecule has 0 saturated carbocycles. The number of anilines is 1. The maximum atomic E-state index is 12.1. The highest BCUT2D eigenvalue weighted by molar-refractivity contribution is 6.31. The number of hydrogen-bond donors (Lipinski definition) is 2. The van der Waals surface area contributed by atoms with Crippen LogP contribution in [-0.2, 0) is 4.79 Å². The Labute approximate surface area is 164 Å². The number of fused-ring (bicyclic) bond motifs is 2. The molecule has 1 aliphatic rings. The molecule has 2 aromatic rings. The molecule has 0 aliphatic carbocycles. The monoisotopic (exact) mass is 396 g/mol. The number of hydrogen-bond acceptors (Lipinski definition) is 4. The quantitative estimate of drug-likeness (QED) is 0.680. The molecule has 0 spiro atoms. The molecule has 1 amide bonds. The highest BCUT2D eigenvalue weighted by atomic mass is 35.5. The summed E-state index contributed by atoms with van der Waals surface area (Å²) in [4.78, 5) is 12.1. The first-order chi connectivity index (χ1) is 12.2. The van der Waals surface area contributed by atoms with E-state index in [2.05, 4.69) is 10.6 Å². The van der Waals surface area contributed by atoms with Crippen molar-refractivity contribution in [3.63, 3.8) is 0 Å². The van der Waals surface area contributed by atoms with Gasteiger partial charge in [-0.2, -0.15) is 0 Å². The fourth-order valence-electron chi connectivity index (χ4n) is 2.57. The second kappa shape index (κ2) is 10.3. The van der Waals surface area contributed by atoms with Crippen molar-refractivity contribution in [1.82, 2.24) is 5.32 Å². The molecule has 0 aromatic heterocycles. The number of carbonyl (C=O) groups excluding carboxylic acids is 1. The van der Waals surface area contributed by atoms with Gasteiger partial charge >= 0.3 is 0 Å². The van der Waals surface area contributed by atoms with Gasteiger partial charge in [0.15, 0.2) is 17.2 Å². The van der Waals surface area contributed by atoms with Crippen LogP contribution in [-0.4, -0.2) is 25.6 Å². The largest absolute Gasteiger partial charge is 0.490 e. The average Bonchev–Trinajstić information content (AvgIpc) is 2.60. The highest BCUT2D eigenvalue weighted by Gasteiger charge is 2.13. The van der Waals surface area contributed by atoms with Crippen LogP contribution in [0.4, 0.5) is 5.69 Å². The van der Waals surface area contributed by atoms with E-state index in [0.717, 1.165) is 25.8 Å². The van der Waals surface area contributed by atoms with E-state index >= 15 is 0 Å². The highest BCUT2D eigenvalue weighted by Crippen LogP contribution is 2.36. The third kappa shape index (κ3) is 5.80. The maximum Gasteiger partial charge on any atom is 0.238 e. The molecular formula is C19H22Cl2N2O3. The molecular weight excluding hydrogens is 375 g/mol. The van der Waals surface area contributed by atoms with Crippen LogP contribution in [0.5, 0.6) is 17.2 Å². The van der Waals surface area contributed by atoms with E-state index in [1.165, 1.54) is 0 Å². The minimum absolute atomic E-state index is 0. The van der Waals surface area contributed by atoms with Gasteiger partial charge in [-0.1, -0.05) is 23.7 Å². The Morgan fingerprint density at radius 2 is 1.77 bits per heavy atom. The summed E-state index contributed by atoms with van der Waals surface area (Å²) in [5, 5.41) is 6.52. The Morgan fingerprint density at radius 1 is 0.962 bits per heavy atom. The Bertz CT molecular complexity index is 740. The van der Waals surface area contributed by atoms with Crippen LogP contribution < -0.4 is 20.1 Å². The first-order valence-corrected chi connectivity index (χ1v) is 8.80. The van der Waals surface area contributed by atoms with Crippen molar-refractivity contribution >= 4 is 35.6 Å². The Balaban J connectivity index is 0.00000243. The van der Waals surface area contributed by atoms with E-state index in [0.29, 0.717) is 34.6 Å². The van der Waals surface area contributed by atoms with Gasteiger partial charge < -0.3 is 20.1 Å². The summed E-state index contributed by atoms with van der Waals surface area (Å²) in [5.41, 5.74) is 0.531. The van der Waals surface area contributed by atoms with Crippen molar-refractivity contribution in [2.24, 2.45) is 0 Å². The number of amides is 1. The van der Waals surface area contributed by atoms with Gasteiger partial charge in [0, 0.05) is 5.02 Å². The molecule has 3 rings (SSSR count). The number of nitrogens with one attached hydrogen (secondary N) is 2. The van der Waals surface area contributed by atoms with Crippen molar-refractivity contribution in [3.05, 3.63) is 47.5 Å². The minimum atomic E-state index is -0.133. The lowest BCUT2D eigenvalue weighted by molar-refractivity contribution is -0.115. The molecule has 140 valence electrons. The van der Waals surface area contributed by atoms with Crippen LogP contribution in [0.3, 0.4) is 0 Å². The van der Waals surface area contributed by atoms with Crippen molar-refractivity contribution in [2.75, 3.05) is 25.0 Å². The van der Waals surface area contributed by atoms with E-state index in [1.807, 2.05) is 24.3 Å². The lowest BCUT2D eigenvalue weighted by Crippen LogP contribution is -2.28. The summed E-state index contributed by atoms with van der Waals surface area (Å²) in [5.74, 6) is 1.67. The van der Waals surface area contributed by atoms with Crippen LogP contribution in [0.1, 0.15) is 19.3 Å². The Hall–Kier alpha value is -1.95. The third-order valence-corrected chi connectivity index (χ3v) is 4.06. The summed E-state index contributed by atoms with van der Waals surface area (Å²) >= 11 is 6.07. The maximum absolute atomic E-state index is 12.1. The van der Waals surface area contributed by atoms with Crippen molar-refractivity contribution in [3.8, 4) is 17.2 Å². The van der Waals surface area contributed by atoms with E-state index in [4.69, 9.17) is 21.1 Å². The van der Waals surface area contributed by atoms with Crippen molar-refractivity contribution < 1.29 is 14.3 Å². The van der Waals surface area contributed by atoms with Gasteiger partial charge in [0.2, 0.25) is 5.91 Å². The second-order valence-corrected chi connectivity index (χ2v) is 6.26. The van der Waals surface area contributed by atoms with E-state index in [9.17, 15) is 4.79 Å². The molecule has 0 radical (unpaired) electrons. The molecule has 1 heterocycles. The SMILES string of the molecule is Cl.O=C1CNCCCCCOc2ccccc2Oc2ccc(Cl)cc2N1. The summed E-state index contributed by atoms with van der Waals surface area (Å²) in [7, 11) is 0. The summed E-state index contributed by atoms with van der Waals surface area (Å²) in [6.45, 7) is 1.67. The molecule has 1 aliphatic heterocycles. The molecule has 2 aromatic carbocycles. The standard InChI is InChI=1S/C19H21ClN2O3.ClH/c20-14-8-9-16-15(12-14)22-19(23)13-21-10-4-1-5-11-24-17-6-2-3-7-18(17)25-16;/h2-3,6-9,12,21H,1,4-5,10-11,13H2,(H,22,23);1H. The minimum Gasteiger partial charge on any atom is -0.490 e. The zero-order valence-corrected chi connectivity index (χ0v) is 15.9. The molecule has 2 N–H and O–H groups in total. The van der Waals surface area contributed by atoms with Gasteiger partial charge in [-0.25, -0.2) is 0 Å². The molecule has 5 nitrogen and oxygen atoms in total. The molecule has 0 unspecified atom stereocenters. The topological polar surface area (TPSA) is 59.6 Å². The number of rotatable bonds is 0. The smallest absolute Gasteiger partial charge is 0.238 e. The van der Waals surface area contributed by atoms with Gasteiger partial charge in [-0.3, -0.25) is 4.79 Å². The van der Waals surface area contributed by atoms with E-state index < -0.39 is 0 Å². The number of benzene rings is 2. The number of carbonyl (C=O) groups is 1. The fraction of sp³-hybridized carbons (Fsp3) is 0.316. The summed E-state index contributed by atoms with van der Waals surface area (Å²) < 4.78 is 11.9. The summed E-state index contributed by atoms with van der Waals surface area (Å²) in [6, 6.07) is 12.6. The fourth-order valence-corrected chi connectivity index (χ4v) is 2.74.